The van der Waals surface area contributed by atoms with Crippen molar-refractivity contribution in [1.29, 1.82) is 0 Å². The van der Waals surface area contributed by atoms with Gasteiger partial charge in [-0.2, -0.15) is 0 Å². The number of amides is 2. The molecule has 0 radical (unpaired) electrons. The number of rotatable bonds is 8. The Kier molecular flexibility index (Phi) is 7.82. The number of halogens is 1. The predicted octanol–water partition coefficient (Wildman–Crippen LogP) is 2.44. The first kappa shape index (κ1) is 20.9. The van der Waals surface area contributed by atoms with E-state index >= 15 is 0 Å². The van der Waals surface area contributed by atoms with Crippen molar-refractivity contribution >= 4 is 29.1 Å². The highest BCUT2D eigenvalue weighted by atomic mass is 35.5. The zero-order valence-electron chi connectivity index (χ0n) is 16.1. The van der Waals surface area contributed by atoms with Crippen molar-refractivity contribution in [2.45, 2.75) is 27.3 Å². The maximum Gasteiger partial charge on any atom is 0.275 e. The third kappa shape index (κ3) is 6.38. The minimum atomic E-state index is -0.162. The van der Waals surface area contributed by atoms with Gasteiger partial charge in [-0.15, -0.1) is 0 Å². The first-order chi connectivity index (χ1) is 12.9. The van der Waals surface area contributed by atoms with Crippen molar-refractivity contribution < 1.29 is 14.5 Å². The average molecular weight is 389 g/mol. The molecule has 2 rings (SSSR count). The summed E-state index contributed by atoms with van der Waals surface area (Å²) in [6, 6.07) is 12.9. The van der Waals surface area contributed by atoms with Crippen LogP contribution in [0.4, 0.5) is 5.69 Å². The number of anilines is 1. The van der Waals surface area contributed by atoms with Crippen LogP contribution in [0.15, 0.2) is 42.5 Å². The van der Waals surface area contributed by atoms with Crippen LogP contribution in [-0.4, -0.2) is 31.4 Å². The molecule has 3 N–H and O–H groups in total. The molecule has 1 unspecified atom stereocenters. The first-order valence-electron chi connectivity index (χ1n) is 9.19. The fourth-order valence-electron chi connectivity index (χ4n) is 2.79. The fraction of sp³-hybridized carbons (Fsp3) is 0.333. The molecule has 0 aliphatic carbocycles. The lowest BCUT2D eigenvalue weighted by Crippen LogP contribution is -3.11. The van der Waals surface area contributed by atoms with Gasteiger partial charge < -0.3 is 15.5 Å². The monoisotopic (exact) mass is 388 g/mol. The van der Waals surface area contributed by atoms with Gasteiger partial charge in [-0.05, 0) is 56.7 Å². The second kappa shape index (κ2) is 10.1. The number of carbonyl (C=O) groups excluding carboxylic acids is 2. The maximum atomic E-state index is 12.4. The standard InChI is InChI=1S/C21H26ClN3O2/c1-4-23-20(26)14-25(5-2)13-16-6-8-17(9-7-16)21(27)24-18-10-11-19(22)15(3)12-18/h6-12H,4-5,13-14H2,1-3H3,(H,23,26)(H,24,27)/p+1. The SMILES string of the molecule is CCNC(=O)C[NH+](CC)Cc1ccc(C(=O)Nc2ccc(Cl)c(C)c2)cc1. The molecule has 2 amide bonds. The summed E-state index contributed by atoms with van der Waals surface area (Å²) >= 11 is 6.01. The molecule has 1 atom stereocenters. The predicted molar refractivity (Wildman–Crippen MR) is 109 cm³/mol. The summed E-state index contributed by atoms with van der Waals surface area (Å²) in [6.07, 6.45) is 0. The molecule has 0 aliphatic rings. The van der Waals surface area contributed by atoms with Crippen molar-refractivity contribution in [2.24, 2.45) is 0 Å². The second-order valence-electron chi connectivity index (χ2n) is 6.53. The fourth-order valence-corrected chi connectivity index (χ4v) is 2.91. The van der Waals surface area contributed by atoms with Crippen LogP contribution >= 0.6 is 11.6 Å². The van der Waals surface area contributed by atoms with E-state index in [0.29, 0.717) is 23.7 Å². The number of benzene rings is 2. The van der Waals surface area contributed by atoms with E-state index in [2.05, 4.69) is 17.6 Å². The van der Waals surface area contributed by atoms with Crippen LogP contribution in [0.5, 0.6) is 0 Å². The highest BCUT2D eigenvalue weighted by molar-refractivity contribution is 6.31. The normalized spacial score (nSPS) is 11.7. The molecule has 0 saturated heterocycles. The lowest BCUT2D eigenvalue weighted by atomic mass is 10.1. The largest absolute Gasteiger partial charge is 0.351 e. The minimum absolute atomic E-state index is 0.0589. The highest BCUT2D eigenvalue weighted by Gasteiger charge is 2.13. The third-order valence-electron chi connectivity index (χ3n) is 4.37. The highest BCUT2D eigenvalue weighted by Crippen LogP contribution is 2.20. The van der Waals surface area contributed by atoms with Gasteiger partial charge in [-0.25, -0.2) is 0 Å². The van der Waals surface area contributed by atoms with Crippen molar-refractivity contribution in [2.75, 3.05) is 25.0 Å². The number of likely N-dealkylation sites (N-methyl/N-ethyl adjacent to an activating group) is 2. The van der Waals surface area contributed by atoms with Crippen LogP contribution in [0.1, 0.15) is 35.3 Å². The Labute approximate surface area is 165 Å². The lowest BCUT2D eigenvalue weighted by Gasteiger charge is -2.17. The van der Waals surface area contributed by atoms with Gasteiger partial charge in [-0.3, -0.25) is 9.59 Å². The number of hydrogen-bond acceptors (Lipinski definition) is 2. The van der Waals surface area contributed by atoms with Crippen molar-refractivity contribution in [3.05, 3.63) is 64.2 Å². The van der Waals surface area contributed by atoms with Crippen molar-refractivity contribution in [3.63, 3.8) is 0 Å². The Hall–Kier alpha value is -2.37. The zero-order chi connectivity index (χ0) is 19.8. The van der Waals surface area contributed by atoms with Gasteiger partial charge in [0.05, 0.1) is 6.54 Å². The Morgan fingerprint density at radius 2 is 1.78 bits per heavy atom. The van der Waals surface area contributed by atoms with E-state index in [0.717, 1.165) is 29.9 Å². The molecule has 27 heavy (non-hydrogen) atoms. The molecule has 5 nitrogen and oxygen atoms in total. The van der Waals surface area contributed by atoms with Gasteiger partial charge in [0, 0.05) is 28.4 Å². The maximum absolute atomic E-state index is 12.4. The molecule has 0 fully saturated rings. The molecule has 0 aliphatic heterocycles. The minimum Gasteiger partial charge on any atom is -0.351 e. The van der Waals surface area contributed by atoms with E-state index in [1.807, 2.05) is 44.2 Å². The Morgan fingerprint density at radius 3 is 2.37 bits per heavy atom. The Bertz CT molecular complexity index is 791. The molecule has 0 aromatic heterocycles. The summed E-state index contributed by atoms with van der Waals surface area (Å²) in [5.41, 5.74) is 3.32. The smallest absolute Gasteiger partial charge is 0.275 e. The van der Waals surface area contributed by atoms with Gasteiger partial charge in [0.1, 0.15) is 6.54 Å². The summed E-state index contributed by atoms with van der Waals surface area (Å²) in [5.74, 6) is -0.103. The van der Waals surface area contributed by atoms with Crippen molar-refractivity contribution in [1.82, 2.24) is 5.32 Å². The van der Waals surface area contributed by atoms with Crippen LogP contribution in [-0.2, 0) is 11.3 Å². The lowest BCUT2D eigenvalue weighted by molar-refractivity contribution is -0.904. The summed E-state index contributed by atoms with van der Waals surface area (Å²) in [5, 5.41) is 6.39. The molecule has 0 spiro atoms. The summed E-state index contributed by atoms with van der Waals surface area (Å²) in [4.78, 5) is 25.4. The third-order valence-corrected chi connectivity index (χ3v) is 4.79. The van der Waals surface area contributed by atoms with E-state index in [-0.39, 0.29) is 11.8 Å². The second-order valence-corrected chi connectivity index (χ2v) is 6.93. The number of nitrogens with one attached hydrogen (secondary N) is 3. The van der Waals surface area contributed by atoms with Crippen LogP contribution in [0.25, 0.3) is 0 Å². The molecular weight excluding hydrogens is 362 g/mol. The summed E-state index contributed by atoms with van der Waals surface area (Å²) in [6.45, 7) is 8.56. The molecule has 0 saturated carbocycles. The van der Waals surface area contributed by atoms with Gasteiger partial charge in [0.2, 0.25) is 0 Å². The van der Waals surface area contributed by atoms with Crippen LogP contribution in [0.2, 0.25) is 5.02 Å². The molecule has 0 heterocycles. The first-order valence-corrected chi connectivity index (χ1v) is 9.57. The van der Waals surface area contributed by atoms with E-state index in [9.17, 15) is 9.59 Å². The molecule has 144 valence electrons. The topological polar surface area (TPSA) is 62.6 Å². The van der Waals surface area contributed by atoms with Crippen molar-refractivity contribution in [3.8, 4) is 0 Å². The number of aryl methyl sites for hydroxylation is 1. The molecule has 6 heteroatoms. The Balaban J connectivity index is 1.97. The number of carbonyl (C=O) groups is 2. The quantitative estimate of drug-likeness (QED) is 0.650. The average Bonchev–Trinajstić information content (AvgIpc) is 2.65. The van der Waals surface area contributed by atoms with E-state index in [4.69, 9.17) is 11.6 Å². The molecule has 0 bridgehead atoms. The van der Waals surface area contributed by atoms with Crippen LogP contribution < -0.4 is 15.5 Å². The van der Waals surface area contributed by atoms with E-state index in [1.165, 1.54) is 4.90 Å². The van der Waals surface area contributed by atoms with Gasteiger partial charge in [0.15, 0.2) is 6.54 Å². The van der Waals surface area contributed by atoms with Gasteiger partial charge >= 0.3 is 0 Å². The van der Waals surface area contributed by atoms with Gasteiger partial charge in [-0.1, -0.05) is 23.7 Å². The molecular formula is C21H27ClN3O2+. The van der Waals surface area contributed by atoms with E-state index in [1.54, 1.807) is 12.1 Å². The van der Waals surface area contributed by atoms with Gasteiger partial charge in [0.25, 0.3) is 11.8 Å². The number of hydrogen-bond donors (Lipinski definition) is 3. The van der Waals surface area contributed by atoms with Crippen LogP contribution in [0.3, 0.4) is 0 Å². The summed E-state index contributed by atoms with van der Waals surface area (Å²) < 4.78 is 0. The Morgan fingerprint density at radius 1 is 1.07 bits per heavy atom. The number of quaternary nitrogens is 1. The van der Waals surface area contributed by atoms with Crippen LogP contribution in [0, 0.1) is 6.92 Å². The molecule has 2 aromatic carbocycles. The van der Waals surface area contributed by atoms with E-state index < -0.39 is 0 Å². The zero-order valence-corrected chi connectivity index (χ0v) is 16.8. The molecule has 2 aromatic rings. The summed E-state index contributed by atoms with van der Waals surface area (Å²) in [7, 11) is 0.